The molecule has 9 nitrogen and oxygen atoms in total. The van der Waals surface area contributed by atoms with Crippen molar-refractivity contribution in [1.29, 1.82) is 5.26 Å². The number of H-pyrrole nitrogens is 1. The van der Waals surface area contributed by atoms with E-state index in [0.29, 0.717) is 18.5 Å². The Balaban J connectivity index is 1.81. The number of nitrogens with zero attached hydrogens (tertiary/aromatic N) is 4. The summed E-state index contributed by atoms with van der Waals surface area (Å²) in [7, 11) is 0. The third-order valence-electron chi connectivity index (χ3n) is 3.68. The zero-order chi connectivity index (χ0) is 19.1. The SMILES string of the molecule is N#Cc1c(N)n[nH]c1CCCCCN=Cc1cc(Cl)cc([N+](=O)[O-])c1[O-]. The van der Waals surface area contributed by atoms with Gasteiger partial charge in [-0.2, -0.15) is 10.4 Å². The lowest BCUT2D eigenvalue weighted by Gasteiger charge is -2.10. The van der Waals surface area contributed by atoms with E-state index >= 15 is 0 Å². The number of aryl methyl sites for hydroxylation is 1. The Labute approximate surface area is 154 Å². The number of unbranched alkanes of at least 4 members (excludes halogenated alkanes) is 2. The molecule has 0 amide bonds. The van der Waals surface area contributed by atoms with E-state index in [1.165, 1.54) is 12.3 Å². The van der Waals surface area contributed by atoms with Crippen LogP contribution in [0.3, 0.4) is 0 Å². The number of hydrogen-bond donors (Lipinski definition) is 2. The third-order valence-corrected chi connectivity index (χ3v) is 3.90. The Kier molecular flexibility index (Phi) is 6.52. The number of aromatic nitrogens is 2. The first-order chi connectivity index (χ1) is 12.4. The molecule has 0 saturated heterocycles. The number of hydrogen-bond acceptors (Lipinski definition) is 7. The van der Waals surface area contributed by atoms with Gasteiger partial charge in [0.25, 0.3) is 5.69 Å². The number of nitrogens with two attached hydrogens (primary N) is 1. The molecule has 2 rings (SSSR count). The van der Waals surface area contributed by atoms with Crippen molar-refractivity contribution in [2.75, 3.05) is 12.3 Å². The second kappa shape index (κ2) is 8.82. The van der Waals surface area contributed by atoms with Crippen LogP contribution in [0.15, 0.2) is 17.1 Å². The van der Waals surface area contributed by atoms with Crippen LogP contribution < -0.4 is 10.8 Å². The zero-order valence-corrected chi connectivity index (χ0v) is 14.5. The average Bonchev–Trinajstić information content (AvgIpc) is 2.96. The summed E-state index contributed by atoms with van der Waals surface area (Å²) < 4.78 is 0. The molecule has 0 aliphatic carbocycles. The Morgan fingerprint density at radius 2 is 2.19 bits per heavy atom. The van der Waals surface area contributed by atoms with Gasteiger partial charge in [-0.3, -0.25) is 20.2 Å². The van der Waals surface area contributed by atoms with Crippen molar-refractivity contribution in [2.24, 2.45) is 4.99 Å². The molecule has 0 radical (unpaired) electrons. The number of rotatable bonds is 8. The molecule has 1 heterocycles. The first-order valence-corrected chi connectivity index (χ1v) is 8.19. The van der Waals surface area contributed by atoms with Gasteiger partial charge in [-0.25, -0.2) is 0 Å². The molecule has 0 spiro atoms. The Morgan fingerprint density at radius 1 is 1.42 bits per heavy atom. The number of benzene rings is 1. The Morgan fingerprint density at radius 3 is 2.88 bits per heavy atom. The number of nitro benzene ring substituents is 1. The van der Waals surface area contributed by atoms with E-state index < -0.39 is 16.4 Å². The summed E-state index contributed by atoms with van der Waals surface area (Å²) in [5, 5.41) is 38.4. The number of anilines is 1. The summed E-state index contributed by atoms with van der Waals surface area (Å²) in [5.41, 5.74) is 6.20. The number of nitriles is 1. The van der Waals surface area contributed by atoms with E-state index in [1.54, 1.807) is 0 Å². The molecule has 136 valence electrons. The van der Waals surface area contributed by atoms with Crippen LogP contribution in [0.4, 0.5) is 11.5 Å². The number of aliphatic imine (C=N–C) groups is 1. The minimum Gasteiger partial charge on any atom is -0.867 e. The van der Waals surface area contributed by atoms with E-state index in [0.717, 1.165) is 31.0 Å². The van der Waals surface area contributed by atoms with Crippen LogP contribution in [-0.2, 0) is 6.42 Å². The molecular formula is C16H16ClN6O3-. The average molecular weight is 376 g/mol. The van der Waals surface area contributed by atoms with Crippen molar-refractivity contribution in [3.63, 3.8) is 0 Å². The summed E-state index contributed by atoms with van der Waals surface area (Å²) in [6.45, 7) is 0.468. The van der Waals surface area contributed by atoms with E-state index in [-0.39, 0.29) is 16.4 Å². The number of halogens is 1. The van der Waals surface area contributed by atoms with Crippen molar-refractivity contribution in [3.8, 4) is 11.8 Å². The highest BCUT2D eigenvalue weighted by atomic mass is 35.5. The van der Waals surface area contributed by atoms with Gasteiger partial charge in [0.05, 0.1) is 10.6 Å². The maximum absolute atomic E-state index is 11.9. The van der Waals surface area contributed by atoms with Crippen LogP contribution >= 0.6 is 11.6 Å². The second-order valence-corrected chi connectivity index (χ2v) is 5.96. The topological polar surface area (TPSA) is 157 Å². The van der Waals surface area contributed by atoms with Gasteiger partial charge in [-0.05, 0) is 36.6 Å². The van der Waals surface area contributed by atoms with Gasteiger partial charge < -0.3 is 10.8 Å². The first kappa shape index (κ1) is 19.2. The minimum atomic E-state index is -0.761. The number of nitrogen functional groups attached to an aromatic ring is 1. The molecule has 0 aliphatic heterocycles. The van der Waals surface area contributed by atoms with E-state index in [4.69, 9.17) is 22.6 Å². The largest absolute Gasteiger partial charge is 0.867 e. The smallest absolute Gasteiger partial charge is 0.263 e. The molecule has 1 aromatic heterocycles. The maximum atomic E-state index is 11.9. The van der Waals surface area contributed by atoms with Crippen LogP contribution in [0.25, 0.3) is 0 Å². The lowest BCUT2D eigenvalue weighted by molar-refractivity contribution is -0.398. The molecule has 26 heavy (non-hydrogen) atoms. The fraction of sp³-hybridized carbons (Fsp3) is 0.312. The number of nitro groups is 1. The van der Waals surface area contributed by atoms with Crippen molar-refractivity contribution >= 4 is 29.3 Å². The molecule has 10 heteroatoms. The van der Waals surface area contributed by atoms with Gasteiger partial charge in [0.1, 0.15) is 11.6 Å². The van der Waals surface area contributed by atoms with Gasteiger partial charge in [0, 0.05) is 23.8 Å². The summed E-state index contributed by atoms with van der Waals surface area (Å²) in [4.78, 5) is 14.2. The van der Waals surface area contributed by atoms with Crippen molar-refractivity contribution in [2.45, 2.75) is 25.7 Å². The molecule has 0 saturated carbocycles. The number of aromatic amines is 1. The van der Waals surface area contributed by atoms with Gasteiger partial charge in [-0.1, -0.05) is 18.0 Å². The fourth-order valence-corrected chi connectivity index (χ4v) is 2.60. The van der Waals surface area contributed by atoms with Crippen molar-refractivity contribution < 1.29 is 10.0 Å². The van der Waals surface area contributed by atoms with Crippen LogP contribution in [0.5, 0.6) is 5.75 Å². The lowest BCUT2D eigenvalue weighted by atomic mass is 10.1. The summed E-state index contributed by atoms with van der Waals surface area (Å²) >= 11 is 5.79. The zero-order valence-electron chi connectivity index (χ0n) is 13.7. The fourth-order valence-electron chi connectivity index (χ4n) is 2.38. The van der Waals surface area contributed by atoms with Crippen molar-refractivity contribution in [1.82, 2.24) is 10.2 Å². The van der Waals surface area contributed by atoms with Crippen LogP contribution in [-0.4, -0.2) is 27.9 Å². The molecular weight excluding hydrogens is 360 g/mol. The van der Waals surface area contributed by atoms with Gasteiger partial charge in [0.2, 0.25) is 0 Å². The Bertz CT molecular complexity index is 872. The molecule has 0 unspecified atom stereocenters. The highest BCUT2D eigenvalue weighted by Crippen LogP contribution is 2.30. The molecule has 0 atom stereocenters. The van der Waals surface area contributed by atoms with E-state index in [2.05, 4.69) is 15.2 Å². The minimum absolute atomic E-state index is 0.0933. The summed E-state index contributed by atoms with van der Waals surface area (Å²) in [6.07, 6.45) is 4.40. The van der Waals surface area contributed by atoms with Gasteiger partial charge in [-0.15, -0.1) is 0 Å². The Hall–Kier alpha value is -3.12. The van der Waals surface area contributed by atoms with Gasteiger partial charge in [0.15, 0.2) is 5.82 Å². The van der Waals surface area contributed by atoms with Gasteiger partial charge >= 0.3 is 0 Å². The van der Waals surface area contributed by atoms with E-state index in [9.17, 15) is 15.2 Å². The normalized spacial score (nSPS) is 10.9. The third kappa shape index (κ3) is 4.70. The highest BCUT2D eigenvalue weighted by molar-refractivity contribution is 6.31. The first-order valence-electron chi connectivity index (χ1n) is 7.81. The standard InChI is InChI=1S/C16H17ClN6O3/c17-11-6-10(15(24)14(7-11)23(25)26)9-20-5-3-1-2-4-13-12(8-18)16(19)22-21-13/h6-7,9,24H,1-5H2,(H3,19,21,22)/p-1. The molecule has 0 bridgehead atoms. The second-order valence-electron chi connectivity index (χ2n) is 5.52. The quantitative estimate of drug-likeness (QED) is 0.312. The van der Waals surface area contributed by atoms with Crippen LogP contribution in [0.1, 0.15) is 36.1 Å². The monoisotopic (exact) mass is 375 g/mol. The molecule has 1 aromatic carbocycles. The highest BCUT2D eigenvalue weighted by Gasteiger charge is 2.11. The predicted molar refractivity (Wildman–Crippen MR) is 95.3 cm³/mol. The maximum Gasteiger partial charge on any atom is 0.263 e. The molecule has 3 N–H and O–H groups in total. The molecule has 2 aromatic rings. The summed E-state index contributed by atoms with van der Waals surface area (Å²) in [5.74, 6) is -0.500. The predicted octanol–water partition coefficient (Wildman–Crippen LogP) is 2.33. The van der Waals surface area contributed by atoms with Crippen molar-refractivity contribution in [3.05, 3.63) is 44.1 Å². The molecule has 0 aliphatic rings. The lowest BCUT2D eigenvalue weighted by Crippen LogP contribution is -2.02. The number of nitrogens with one attached hydrogen (secondary N) is 1. The van der Waals surface area contributed by atoms with Crippen LogP contribution in [0.2, 0.25) is 5.02 Å². The van der Waals surface area contributed by atoms with Crippen LogP contribution in [0, 0.1) is 21.4 Å². The summed E-state index contributed by atoms with van der Waals surface area (Å²) in [6, 6.07) is 4.40. The van der Waals surface area contributed by atoms with E-state index in [1.807, 2.05) is 6.07 Å². The molecule has 0 fully saturated rings.